The Balaban J connectivity index is 1.97. The summed E-state index contributed by atoms with van der Waals surface area (Å²) in [5.41, 5.74) is 0.0269. The molecule has 0 saturated heterocycles. The summed E-state index contributed by atoms with van der Waals surface area (Å²) in [5, 5.41) is 5.74. The van der Waals surface area contributed by atoms with E-state index in [4.69, 9.17) is 4.74 Å². The molecule has 2 N–H and O–H groups in total. The number of hydrogen-bond donors (Lipinski definition) is 2. The van der Waals surface area contributed by atoms with Gasteiger partial charge in [0.25, 0.3) is 5.91 Å². The van der Waals surface area contributed by atoms with Crippen molar-refractivity contribution in [1.82, 2.24) is 10.6 Å². The molecule has 154 valence electrons. The van der Waals surface area contributed by atoms with Crippen molar-refractivity contribution in [3.8, 4) is 0 Å². The van der Waals surface area contributed by atoms with E-state index in [-0.39, 0.29) is 24.5 Å². The molecule has 1 atom stereocenters. The number of amides is 2. The highest BCUT2D eigenvalue weighted by molar-refractivity contribution is 5.89. The van der Waals surface area contributed by atoms with E-state index in [1.54, 1.807) is 0 Å². The number of rotatable bonds is 8. The van der Waals surface area contributed by atoms with Crippen molar-refractivity contribution in [1.29, 1.82) is 0 Å². The second kappa shape index (κ2) is 10.2. The number of carbonyl (C=O) groups is 3. The minimum atomic E-state index is -0.999. The highest BCUT2D eigenvalue weighted by Crippen LogP contribution is 2.29. The predicted molar refractivity (Wildman–Crippen MR) is 107 cm³/mol. The maximum atomic E-state index is 12.7. The molecule has 1 aromatic rings. The quantitative estimate of drug-likeness (QED) is 0.670. The summed E-state index contributed by atoms with van der Waals surface area (Å²) in [4.78, 5) is 36.7. The summed E-state index contributed by atoms with van der Waals surface area (Å²) in [7, 11) is 0. The van der Waals surface area contributed by atoms with Gasteiger partial charge in [-0.15, -0.1) is 0 Å². The van der Waals surface area contributed by atoms with Gasteiger partial charge in [-0.1, -0.05) is 63.4 Å². The van der Waals surface area contributed by atoms with Crippen molar-refractivity contribution in [2.45, 2.75) is 70.9 Å². The van der Waals surface area contributed by atoms with Gasteiger partial charge in [0.1, 0.15) is 5.54 Å². The van der Waals surface area contributed by atoms with Gasteiger partial charge in [-0.3, -0.25) is 9.59 Å². The molecule has 6 heteroatoms. The number of esters is 1. The van der Waals surface area contributed by atoms with Crippen molar-refractivity contribution >= 4 is 17.8 Å². The van der Waals surface area contributed by atoms with Crippen LogP contribution < -0.4 is 10.6 Å². The van der Waals surface area contributed by atoms with Gasteiger partial charge in [0, 0.05) is 6.92 Å². The smallest absolute Gasteiger partial charge is 0.332 e. The Bertz CT molecular complexity index is 666. The number of benzene rings is 1. The first-order valence-electron chi connectivity index (χ1n) is 10.1. The minimum absolute atomic E-state index is 0.133. The molecule has 1 unspecified atom stereocenters. The van der Waals surface area contributed by atoms with Crippen LogP contribution in [0, 0.1) is 5.92 Å². The van der Waals surface area contributed by atoms with Crippen LogP contribution in [0.5, 0.6) is 0 Å². The molecule has 0 bridgehead atoms. The Morgan fingerprint density at radius 2 is 1.71 bits per heavy atom. The average Bonchev–Trinajstić information content (AvgIpc) is 2.66. The molecule has 1 saturated carbocycles. The van der Waals surface area contributed by atoms with E-state index in [1.165, 1.54) is 6.92 Å². The zero-order valence-corrected chi connectivity index (χ0v) is 17.1. The van der Waals surface area contributed by atoms with Crippen LogP contribution in [0.2, 0.25) is 0 Å². The standard InChI is InChI=1S/C22H32N2O4/c1-16(2)14-19(18-10-6-4-7-11-18)23-20(26)15-28-21(27)22(24-17(3)25)12-8-5-9-13-22/h4,6-7,10-11,16,19H,5,8-9,12-15H2,1-3H3,(H,23,26)(H,24,25). The van der Waals surface area contributed by atoms with Crippen LogP contribution >= 0.6 is 0 Å². The van der Waals surface area contributed by atoms with Gasteiger partial charge in [0.15, 0.2) is 6.61 Å². The van der Waals surface area contributed by atoms with E-state index in [0.717, 1.165) is 31.2 Å². The van der Waals surface area contributed by atoms with Crippen molar-refractivity contribution in [2.75, 3.05) is 6.61 Å². The zero-order valence-electron chi connectivity index (χ0n) is 17.1. The van der Waals surface area contributed by atoms with Crippen LogP contribution in [0.4, 0.5) is 0 Å². The molecule has 0 aliphatic heterocycles. The lowest BCUT2D eigenvalue weighted by Crippen LogP contribution is -2.56. The van der Waals surface area contributed by atoms with Crippen LogP contribution in [-0.4, -0.2) is 29.9 Å². The highest BCUT2D eigenvalue weighted by Gasteiger charge is 2.42. The van der Waals surface area contributed by atoms with Crippen LogP contribution in [-0.2, 0) is 19.1 Å². The summed E-state index contributed by atoms with van der Waals surface area (Å²) in [5.74, 6) is -0.711. The van der Waals surface area contributed by atoms with Crippen LogP contribution in [0.1, 0.15) is 70.9 Å². The van der Waals surface area contributed by atoms with Gasteiger partial charge in [-0.2, -0.15) is 0 Å². The van der Waals surface area contributed by atoms with Gasteiger partial charge < -0.3 is 15.4 Å². The molecule has 0 heterocycles. The van der Waals surface area contributed by atoms with E-state index in [2.05, 4.69) is 24.5 Å². The fraction of sp³-hybridized carbons (Fsp3) is 0.591. The minimum Gasteiger partial charge on any atom is -0.454 e. The Kier molecular flexibility index (Phi) is 8.03. The monoisotopic (exact) mass is 388 g/mol. The third-order valence-corrected chi connectivity index (χ3v) is 5.09. The third-order valence-electron chi connectivity index (χ3n) is 5.09. The first kappa shape index (κ1) is 21.9. The normalized spacial score (nSPS) is 16.9. The molecular formula is C22H32N2O4. The summed E-state index contributed by atoms with van der Waals surface area (Å²) >= 11 is 0. The number of ether oxygens (including phenoxy) is 1. The van der Waals surface area contributed by atoms with Crippen molar-refractivity contribution in [3.63, 3.8) is 0 Å². The molecule has 2 amide bonds. The SMILES string of the molecule is CC(=O)NC1(C(=O)OCC(=O)NC(CC(C)C)c2ccccc2)CCCCC1. The zero-order chi connectivity index (χ0) is 20.6. The van der Waals surface area contributed by atoms with Crippen LogP contribution in [0.15, 0.2) is 30.3 Å². The predicted octanol–water partition coefficient (Wildman–Crippen LogP) is 3.27. The molecule has 0 spiro atoms. The fourth-order valence-corrected chi connectivity index (χ4v) is 3.81. The molecule has 6 nitrogen and oxygen atoms in total. The molecule has 0 radical (unpaired) electrons. The van der Waals surface area contributed by atoms with E-state index in [0.29, 0.717) is 18.8 Å². The number of carbonyl (C=O) groups excluding carboxylic acids is 3. The highest BCUT2D eigenvalue weighted by atomic mass is 16.5. The van der Waals surface area contributed by atoms with Gasteiger partial charge in [0.2, 0.25) is 5.91 Å². The number of nitrogens with one attached hydrogen (secondary N) is 2. The first-order valence-corrected chi connectivity index (χ1v) is 10.1. The molecule has 0 aromatic heterocycles. The Morgan fingerprint density at radius 1 is 1.07 bits per heavy atom. The van der Waals surface area contributed by atoms with Crippen LogP contribution in [0.3, 0.4) is 0 Å². The maximum Gasteiger partial charge on any atom is 0.332 e. The van der Waals surface area contributed by atoms with Crippen molar-refractivity contribution in [3.05, 3.63) is 35.9 Å². The van der Waals surface area contributed by atoms with E-state index in [9.17, 15) is 14.4 Å². The van der Waals surface area contributed by atoms with Gasteiger partial charge in [-0.05, 0) is 30.7 Å². The molecule has 28 heavy (non-hydrogen) atoms. The van der Waals surface area contributed by atoms with E-state index < -0.39 is 11.5 Å². The second-order valence-electron chi connectivity index (χ2n) is 8.06. The molecule has 2 rings (SSSR count). The Hall–Kier alpha value is -2.37. The summed E-state index contributed by atoms with van der Waals surface area (Å²) < 4.78 is 5.32. The molecule has 1 aliphatic rings. The van der Waals surface area contributed by atoms with Gasteiger partial charge in [0.05, 0.1) is 6.04 Å². The van der Waals surface area contributed by atoms with Gasteiger partial charge in [-0.25, -0.2) is 4.79 Å². The van der Waals surface area contributed by atoms with Crippen molar-refractivity contribution < 1.29 is 19.1 Å². The molecule has 1 fully saturated rings. The average molecular weight is 389 g/mol. The summed E-state index contributed by atoms with van der Waals surface area (Å²) in [6.07, 6.45) is 4.63. The largest absolute Gasteiger partial charge is 0.454 e. The lowest BCUT2D eigenvalue weighted by atomic mass is 9.81. The molecule has 1 aromatic carbocycles. The summed E-state index contributed by atoms with van der Waals surface area (Å²) in [6, 6.07) is 9.64. The second-order valence-corrected chi connectivity index (χ2v) is 8.06. The maximum absolute atomic E-state index is 12.7. The van der Waals surface area contributed by atoms with E-state index in [1.807, 2.05) is 30.3 Å². The van der Waals surface area contributed by atoms with E-state index >= 15 is 0 Å². The third kappa shape index (κ3) is 6.36. The van der Waals surface area contributed by atoms with Crippen molar-refractivity contribution in [2.24, 2.45) is 5.92 Å². The molecule has 1 aliphatic carbocycles. The lowest BCUT2D eigenvalue weighted by Gasteiger charge is -2.35. The topological polar surface area (TPSA) is 84.5 Å². The number of hydrogen-bond acceptors (Lipinski definition) is 4. The Morgan fingerprint density at radius 3 is 2.29 bits per heavy atom. The molecular weight excluding hydrogens is 356 g/mol. The lowest BCUT2D eigenvalue weighted by molar-refractivity contribution is -0.158. The van der Waals surface area contributed by atoms with Crippen LogP contribution in [0.25, 0.3) is 0 Å². The first-order chi connectivity index (χ1) is 13.3. The fourth-order valence-electron chi connectivity index (χ4n) is 3.81. The summed E-state index contributed by atoms with van der Waals surface area (Å²) in [6.45, 7) is 5.25. The van der Waals surface area contributed by atoms with Gasteiger partial charge >= 0.3 is 5.97 Å². The Labute approximate surface area is 167 Å².